The Kier molecular flexibility index (Phi) is 2.59. The molecular weight excluding hydrogens is 205 g/mol. The van der Waals surface area contributed by atoms with Gasteiger partial charge in [0.15, 0.2) is 0 Å². The summed E-state index contributed by atoms with van der Waals surface area (Å²) in [6.07, 6.45) is 0.748. The second-order valence-electron chi connectivity index (χ2n) is 4.51. The number of nitriles is 1. The molecule has 1 heterocycles. The van der Waals surface area contributed by atoms with Crippen molar-refractivity contribution in [2.75, 3.05) is 6.61 Å². The second kappa shape index (κ2) is 3.79. The molecule has 0 aromatic heterocycles. The Balaban J connectivity index is 2.55. The van der Waals surface area contributed by atoms with Gasteiger partial charge in [-0.2, -0.15) is 5.26 Å². The second-order valence-corrected chi connectivity index (χ2v) is 4.51. The van der Waals surface area contributed by atoms with E-state index in [1.807, 2.05) is 13.8 Å². The molecule has 0 aliphatic carbocycles. The summed E-state index contributed by atoms with van der Waals surface area (Å²) in [5.41, 5.74) is 0.498. The van der Waals surface area contributed by atoms with Crippen LogP contribution in [0.25, 0.3) is 0 Å². The summed E-state index contributed by atoms with van der Waals surface area (Å²) in [6.45, 7) is 4.46. The highest BCUT2D eigenvalue weighted by Gasteiger charge is 2.38. The number of rotatable bonds is 1. The van der Waals surface area contributed by atoms with E-state index >= 15 is 0 Å². The summed E-state index contributed by atoms with van der Waals surface area (Å²) in [7, 11) is 0. The SMILES string of the molecule is CC(C#N)C1(C)CCOc2ccc(F)cc21. The molecule has 84 valence electrons. The Bertz CT molecular complexity index is 452. The van der Waals surface area contributed by atoms with Crippen molar-refractivity contribution in [2.45, 2.75) is 25.7 Å². The molecule has 1 aromatic rings. The highest BCUT2D eigenvalue weighted by molar-refractivity contribution is 5.42. The van der Waals surface area contributed by atoms with Crippen LogP contribution in [0.15, 0.2) is 18.2 Å². The summed E-state index contributed by atoms with van der Waals surface area (Å²) < 4.78 is 18.8. The molecule has 1 aliphatic rings. The number of ether oxygens (including phenoxy) is 1. The molecule has 3 heteroatoms. The molecule has 0 amide bonds. The van der Waals surface area contributed by atoms with Gasteiger partial charge in [-0.15, -0.1) is 0 Å². The molecule has 0 radical (unpaired) electrons. The fourth-order valence-corrected chi connectivity index (χ4v) is 2.17. The number of fused-ring (bicyclic) bond motifs is 1. The van der Waals surface area contributed by atoms with Crippen molar-refractivity contribution in [3.8, 4) is 11.8 Å². The summed E-state index contributed by atoms with van der Waals surface area (Å²) in [4.78, 5) is 0. The first kappa shape index (κ1) is 10.9. The lowest BCUT2D eigenvalue weighted by Crippen LogP contribution is -2.35. The first-order chi connectivity index (χ1) is 7.58. The van der Waals surface area contributed by atoms with E-state index in [0.29, 0.717) is 12.4 Å². The van der Waals surface area contributed by atoms with Gasteiger partial charge in [0.25, 0.3) is 0 Å². The average molecular weight is 219 g/mol. The molecule has 0 bridgehead atoms. The van der Waals surface area contributed by atoms with Crippen molar-refractivity contribution in [1.29, 1.82) is 5.26 Å². The van der Waals surface area contributed by atoms with Crippen LogP contribution in [0.3, 0.4) is 0 Å². The predicted octanol–water partition coefficient (Wildman–Crippen LogP) is 3.03. The molecule has 1 aromatic carbocycles. The minimum Gasteiger partial charge on any atom is -0.493 e. The third-order valence-corrected chi connectivity index (χ3v) is 3.59. The van der Waals surface area contributed by atoms with Crippen molar-refractivity contribution in [3.05, 3.63) is 29.6 Å². The number of benzene rings is 1. The third-order valence-electron chi connectivity index (χ3n) is 3.59. The number of hydrogen-bond donors (Lipinski definition) is 0. The van der Waals surface area contributed by atoms with E-state index in [0.717, 1.165) is 12.0 Å². The Morgan fingerprint density at radius 3 is 3.00 bits per heavy atom. The molecule has 0 fully saturated rings. The third kappa shape index (κ3) is 1.55. The molecule has 2 atom stereocenters. The molecular formula is C13H14FNO. The molecule has 0 N–H and O–H groups in total. The Morgan fingerprint density at radius 2 is 2.31 bits per heavy atom. The highest BCUT2D eigenvalue weighted by atomic mass is 19.1. The minimum absolute atomic E-state index is 0.156. The van der Waals surface area contributed by atoms with Gasteiger partial charge in [0.1, 0.15) is 11.6 Å². The number of halogens is 1. The smallest absolute Gasteiger partial charge is 0.123 e. The largest absolute Gasteiger partial charge is 0.493 e. The van der Waals surface area contributed by atoms with Gasteiger partial charge in [-0.1, -0.05) is 6.92 Å². The lowest BCUT2D eigenvalue weighted by Gasteiger charge is -2.37. The molecule has 16 heavy (non-hydrogen) atoms. The minimum atomic E-state index is -0.315. The predicted molar refractivity (Wildman–Crippen MR) is 58.6 cm³/mol. The van der Waals surface area contributed by atoms with Crippen LogP contribution in [0.1, 0.15) is 25.8 Å². The lowest BCUT2D eigenvalue weighted by molar-refractivity contribution is 0.199. The van der Waals surface area contributed by atoms with Crippen LogP contribution >= 0.6 is 0 Å². The molecule has 0 saturated carbocycles. The average Bonchev–Trinajstić information content (AvgIpc) is 2.29. The van der Waals surface area contributed by atoms with Gasteiger partial charge in [0.05, 0.1) is 18.6 Å². The summed E-state index contributed by atoms with van der Waals surface area (Å²) in [5, 5.41) is 9.06. The maximum absolute atomic E-state index is 13.3. The molecule has 2 rings (SSSR count). The van der Waals surface area contributed by atoms with Gasteiger partial charge in [-0.25, -0.2) is 4.39 Å². The molecule has 1 aliphatic heterocycles. The van der Waals surface area contributed by atoms with Gasteiger partial charge in [0.2, 0.25) is 0 Å². The Hall–Kier alpha value is -1.56. The summed E-state index contributed by atoms with van der Waals surface area (Å²) >= 11 is 0. The topological polar surface area (TPSA) is 33.0 Å². The van der Waals surface area contributed by atoms with Crippen molar-refractivity contribution in [3.63, 3.8) is 0 Å². The fraction of sp³-hybridized carbons (Fsp3) is 0.462. The summed E-state index contributed by atoms with van der Waals surface area (Å²) in [6, 6.07) is 6.78. The van der Waals surface area contributed by atoms with Crippen molar-refractivity contribution < 1.29 is 9.13 Å². The van der Waals surface area contributed by atoms with Crippen molar-refractivity contribution >= 4 is 0 Å². The number of hydrogen-bond acceptors (Lipinski definition) is 2. The number of nitrogens with zero attached hydrogens (tertiary/aromatic N) is 1. The van der Waals surface area contributed by atoms with Crippen molar-refractivity contribution in [1.82, 2.24) is 0 Å². The first-order valence-electron chi connectivity index (χ1n) is 5.40. The molecule has 0 saturated heterocycles. The monoisotopic (exact) mass is 219 g/mol. The van der Waals surface area contributed by atoms with Gasteiger partial charge < -0.3 is 4.74 Å². The van der Waals surface area contributed by atoms with Crippen LogP contribution in [-0.4, -0.2) is 6.61 Å². The van der Waals surface area contributed by atoms with Crippen LogP contribution < -0.4 is 4.74 Å². The van der Waals surface area contributed by atoms with Gasteiger partial charge in [-0.05, 0) is 31.5 Å². The normalized spacial score (nSPS) is 25.1. The quantitative estimate of drug-likeness (QED) is 0.727. The Morgan fingerprint density at radius 1 is 1.56 bits per heavy atom. The van der Waals surface area contributed by atoms with Gasteiger partial charge >= 0.3 is 0 Å². The van der Waals surface area contributed by atoms with E-state index in [-0.39, 0.29) is 17.2 Å². The van der Waals surface area contributed by atoms with E-state index < -0.39 is 0 Å². The lowest BCUT2D eigenvalue weighted by atomic mass is 9.69. The Labute approximate surface area is 94.7 Å². The highest BCUT2D eigenvalue weighted by Crippen LogP contribution is 2.43. The fourth-order valence-electron chi connectivity index (χ4n) is 2.17. The van der Waals surface area contributed by atoms with E-state index in [4.69, 9.17) is 10.00 Å². The molecule has 2 nitrogen and oxygen atoms in total. The summed E-state index contributed by atoms with van der Waals surface area (Å²) in [5.74, 6) is 0.273. The van der Waals surface area contributed by atoms with Crippen LogP contribution in [-0.2, 0) is 5.41 Å². The van der Waals surface area contributed by atoms with Crippen molar-refractivity contribution in [2.24, 2.45) is 5.92 Å². The molecule has 0 spiro atoms. The van der Waals surface area contributed by atoms with E-state index in [9.17, 15) is 4.39 Å². The van der Waals surface area contributed by atoms with E-state index in [2.05, 4.69) is 6.07 Å². The first-order valence-corrected chi connectivity index (χ1v) is 5.40. The maximum atomic E-state index is 13.3. The van der Waals surface area contributed by atoms with Gasteiger partial charge in [0, 0.05) is 11.0 Å². The van der Waals surface area contributed by atoms with Crippen LogP contribution in [0.2, 0.25) is 0 Å². The standard InChI is InChI=1S/C13H14FNO/c1-9(8-15)13(2)5-6-16-12-4-3-10(14)7-11(12)13/h3-4,7,9H,5-6H2,1-2H3. The van der Waals surface area contributed by atoms with Crippen LogP contribution in [0.5, 0.6) is 5.75 Å². The zero-order valence-electron chi connectivity index (χ0n) is 9.46. The van der Waals surface area contributed by atoms with Crippen LogP contribution in [0.4, 0.5) is 4.39 Å². The zero-order valence-corrected chi connectivity index (χ0v) is 9.46. The van der Waals surface area contributed by atoms with Gasteiger partial charge in [-0.3, -0.25) is 0 Å². The van der Waals surface area contributed by atoms with Crippen LogP contribution in [0, 0.1) is 23.1 Å². The molecule has 2 unspecified atom stereocenters. The maximum Gasteiger partial charge on any atom is 0.123 e. The van der Waals surface area contributed by atoms with E-state index in [1.54, 1.807) is 6.07 Å². The zero-order chi connectivity index (χ0) is 11.8. The van der Waals surface area contributed by atoms with E-state index in [1.165, 1.54) is 12.1 Å².